The third-order valence-electron chi connectivity index (χ3n) is 5.44. The monoisotopic (exact) mass is 424 g/mol. The second kappa shape index (κ2) is 10.6. The summed E-state index contributed by atoms with van der Waals surface area (Å²) in [4.78, 5) is 34.4. The molecule has 0 fully saturated rings. The third-order valence-corrected chi connectivity index (χ3v) is 5.44. The largest absolute Gasteiger partial charge is 0.480 e. The average Bonchev–Trinajstić information content (AvgIpc) is 3.08. The van der Waals surface area contributed by atoms with Crippen LogP contribution in [0.5, 0.6) is 0 Å². The number of ether oxygens (including phenoxy) is 1. The number of hydrogen-bond donors (Lipinski definition) is 3. The minimum absolute atomic E-state index is 0.0323. The molecule has 0 unspecified atom stereocenters. The molecule has 0 bridgehead atoms. The number of aliphatic carboxylic acids is 1. The first-order valence-electron chi connectivity index (χ1n) is 10.6. The molecule has 2 aromatic rings. The van der Waals surface area contributed by atoms with E-state index in [1.54, 1.807) is 0 Å². The molecule has 0 aromatic heterocycles. The molecule has 0 aliphatic heterocycles. The molecule has 0 heterocycles. The summed E-state index contributed by atoms with van der Waals surface area (Å²) < 4.78 is 5.48. The lowest BCUT2D eigenvalue weighted by Crippen LogP contribution is -2.38. The fourth-order valence-electron chi connectivity index (χ4n) is 3.80. The van der Waals surface area contributed by atoms with E-state index < -0.39 is 18.1 Å². The number of carbonyl (C=O) groups is 3. The maximum absolute atomic E-state index is 12.1. The zero-order valence-electron chi connectivity index (χ0n) is 17.6. The Morgan fingerprint density at radius 1 is 0.968 bits per heavy atom. The van der Waals surface area contributed by atoms with Crippen LogP contribution in [-0.2, 0) is 14.3 Å². The Hall–Kier alpha value is -3.35. The number of rotatable bonds is 10. The Kier molecular flexibility index (Phi) is 7.65. The molecular formula is C24H28N2O5. The van der Waals surface area contributed by atoms with Gasteiger partial charge in [0.05, 0.1) is 0 Å². The van der Waals surface area contributed by atoms with E-state index in [1.807, 2.05) is 24.3 Å². The fourth-order valence-corrected chi connectivity index (χ4v) is 3.80. The summed E-state index contributed by atoms with van der Waals surface area (Å²) in [5, 5.41) is 13.9. The van der Waals surface area contributed by atoms with Gasteiger partial charge in [-0.15, -0.1) is 0 Å². The quantitative estimate of drug-likeness (QED) is 0.505. The van der Waals surface area contributed by atoms with Crippen molar-refractivity contribution in [3.8, 4) is 11.1 Å². The molecule has 0 saturated heterocycles. The SMILES string of the molecule is C[C@H](NC(=O)CCCCCNC(=O)OCC1c2ccccc2-c2ccccc21)C(=O)O. The van der Waals surface area contributed by atoms with Crippen LogP contribution in [0.2, 0.25) is 0 Å². The van der Waals surface area contributed by atoms with Crippen LogP contribution in [-0.4, -0.2) is 42.3 Å². The number of benzene rings is 2. The van der Waals surface area contributed by atoms with Crippen molar-refractivity contribution in [2.45, 2.75) is 44.6 Å². The van der Waals surface area contributed by atoms with Gasteiger partial charge in [-0.05, 0) is 42.0 Å². The summed E-state index contributed by atoms with van der Waals surface area (Å²) in [6.07, 6.45) is 1.91. The van der Waals surface area contributed by atoms with Gasteiger partial charge in [-0.2, -0.15) is 0 Å². The summed E-state index contributed by atoms with van der Waals surface area (Å²) in [5.41, 5.74) is 4.72. The number of carbonyl (C=O) groups excluding carboxylic acids is 2. The van der Waals surface area contributed by atoms with E-state index in [9.17, 15) is 14.4 Å². The van der Waals surface area contributed by atoms with E-state index in [1.165, 1.54) is 29.2 Å². The zero-order valence-corrected chi connectivity index (χ0v) is 17.6. The molecule has 1 aliphatic carbocycles. The van der Waals surface area contributed by atoms with Crippen LogP contribution < -0.4 is 10.6 Å². The van der Waals surface area contributed by atoms with Gasteiger partial charge in [0, 0.05) is 18.9 Å². The van der Waals surface area contributed by atoms with Crippen LogP contribution >= 0.6 is 0 Å². The van der Waals surface area contributed by atoms with E-state index in [0.29, 0.717) is 19.4 Å². The first kappa shape index (κ1) is 22.3. The average molecular weight is 424 g/mol. The zero-order chi connectivity index (χ0) is 22.2. The molecule has 0 saturated carbocycles. The number of hydrogen-bond acceptors (Lipinski definition) is 4. The van der Waals surface area contributed by atoms with E-state index in [-0.39, 0.29) is 24.9 Å². The smallest absolute Gasteiger partial charge is 0.407 e. The highest BCUT2D eigenvalue weighted by Crippen LogP contribution is 2.44. The van der Waals surface area contributed by atoms with E-state index in [0.717, 1.165) is 6.42 Å². The Balaban J connectivity index is 1.35. The lowest BCUT2D eigenvalue weighted by molar-refractivity contribution is -0.141. The molecule has 1 aliphatic rings. The molecule has 1 atom stereocenters. The maximum atomic E-state index is 12.1. The number of nitrogens with one attached hydrogen (secondary N) is 2. The van der Waals surface area contributed by atoms with Gasteiger partial charge in [0.25, 0.3) is 0 Å². The fraction of sp³-hybridized carbons (Fsp3) is 0.375. The van der Waals surface area contributed by atoms with Crippen molar-refractivity contribution >= 4 is 18.0 Å². The van der Waals surface area contributed by atoms with Crippen LogP contribution in [0, 0.1) is 0 Å². The van der Waals surface area contributed by atoms with Crippen LogP contribution in [0.1, 0.15) is 49.7 Å². The highest BCUT2D eigenvalue weighted by atomic mass is 16.5. The van der Waals surface area contributed by atoms with Gasteiger partial charge in [0.2, 0.25) is 5.91 Å². The van der Waals surface area contributed by atoms with E-state index in [4.69, 9.17) is 9.84 Å². The summed E-state index contributed by atoms with van der Waals surface area (Å²) in [7, 11) is 0. The Bertz CT molecular complexity index is 898. The number of unbranched alkanes of at least 4 members (excludes halogenated alkanes) is 2. The molecule has 3 rings (SSSR count). The number of carboxylic acids is 1. The van der Waals surface area contributed by atoms with Crippen molar-refractivity contribution in [1.29, 1.82) is 0 Å². The van der Waals surface area contributed by atoms with Crippen molar-refractivity contribution in [3.05, 3.63) is 59.7 Å². The summed E-state index contributed by atoms with van der Waals surface area (Å²) >= 11 is 0. The Labute approximate surface area is 181 Å². The molecule has 7 nitrogen and oxygen atoms in total. The molecule has 7 heteroatoms. The Morgan fingerprint density at radius 2 is 1.58 bits per heavy atom. The maximum Gasteiger partial charge on any atom is 0.407 e. The number of fused-ring (bicyclic) bond motifs is 3. The van der Waals surface area contributed by atoms with Gasteiger partial charge in [-0.3, -0.25) is 9.59 Å². The number of carboxylic acid groups (broad SMARTS) is 1. The predicted octanol–water partition coefficient (Wildman–Crippen LogP) is 3.67. The molecule has 0 spiro atoms. The molecule has 164 valence electrons. The summed E-state index contributed by atoms with van der Waals surface area (Å²) in [6.45, 7) is 2.17. The third kappa shape index (κ3) is 5.84. The van der Waals surface area contributed by atoms with Gasteiger partial charge in [-0.25, -0.2) is 4.79 Å². The van der Waals surface area contributed by atoms with Gasteiger partial charge in [0.1, 0.15) is 12.6 Å². The molecule has 2 aromatic carbocycles. The van der Waals surface area contributed by atoms with E-state index in [2.05, 4.69) is 34.9 Å². The molecule has 3 N–H and O–H groups in total. The van der Waals surface area contributed by atoms with Crippen molar-refractivity contribution in [1.82, 2.24) is 10.6 Å². The van der Waals surface area contributed by atoms with Gasteiger partial charge in [0.15, 0.2) is 0 Å². The lowest BCUT2D eigenvalue weighted by atomic mass is 9.98. The van der Waals surface area contributed by atoms with Crippen molar-refractivity contribution in [2.75, 3.05) is 13.2 Å². The highest BCUT2D eigenvalue weighted by Gasteiger charge is 2.28. The standard InChI is InChI=1S/C24H28N2O5/c1-16(23(28)29)26-22(27)13-3-2-8-14-25-24(30)31-15-21-19-11-6-4-9-17(19)18-10-5-7-12-20(18)21/h4-7,9-12,16,21H,2-3,8,13-15H2,1H3,(H,25,30)(H,26,27)(H,28,29)/t16-/m0/s1. The van der Waals surface area contributed by atoms with Crippen LogP contribution in [0.15, 0.2) is 48.5 Å². The van der Waals surface area contributed by atoms with Crippen LogP contribution in [0.25, 0.3) is 11.1 Å². The second-order valence-electron chi connectivity index (χ2n) is 7.69. The topological polar surface area (TPSA) is 105 Å². The lowest BCUT2D eigenvalue weighted by Gasteiger charge is -2.14. The molecular weight excluding hydrogens is 396 g/mol. The second-order valence-corrected chi connectivity index (χ2v) is 7.69. The van der Waals surface area contributed by atoms with Crippen molar-refractivity contribution in [3.63, 3.8) is 0 Å². The van der Waals surface area contributed by atoms with E-state index >= 15 is 0 Å². The Morgan fingerprint density at radius 3 is 2.19 bits per heavy atom. The molecule has 31 heavy (non-hydrogen) atoms. The minimum Gasteiger partial charge on any atom is -0.480 e. The number of alkyl carbamates (subject to hydrolysis) is 1. The van der Waals surface area contributed by atoms with Crippen LogP contribution in [0.4, 0.5) is 4.79 Å². The predicted molar refractivity (Wildman–Crippen MR) is 117 cm³/mol. The first-order chi connectivity index (χ1) is 15.0. The summed E-state index contributed by atoms with van der Waals surface area (Å²) in [5.74, 6) is -1.30. The molecule has 2 amide bonds. The van der Waals surface area contributed by atoms with Gasteiger partial charge < -0.3 is 20.5 Å². The van der Waals surface area contributed by atoms with Crippen molar-refractivity contribution in [2.24, 2.45) is 0 Å². The number of amides is 2. The first-order valence-corrected chi connectivity index (χ1v) is 10.6. The van der Waals surface area contributed by atoms with Crippen molar-refractivity contribution < 1.29 is 24.2 Å². The summed E-state index contributed by atoms with van der Waals surface area (Å²) in [6, 6.07) is 15.5. The van der Waals surface area contributed by atoms with Crippen LogP contribution in [0.3, 0.4) is 0 Å². The molecule has 0 radical (unpaired) electrons. The minimum atomic E-state index is -1.05. The van der Waals surface area contributed by atoms with Gasteiger partial charge in [-0.1, -0.05) is 55.0 Å². The highest BCUT2D eigenvalue weighted by molar-refractivity contribution is 5.83. The normalized spacial score (nSPS) is 13.1. The van der Waals surface area contributed by atoms with Gasteiger partial charge >= 0.3 is 12.1 Å².